The normalized spacial score (nSPS) is 12.2. The molecule has 0 spiro atoms. The van der Waals surface area contributed by atoms with Crippen LogP contribution in [0.25, 0.3) is 0 Å². The van der Waals surface area contributed by atoms with Gasteiger partial charge in [0, 0.05) is 12.7 Å². The molecular formula is C12H19N3O3. The van der Waals surface area contributed by atoms with Crippen LogP contribution in [0, 0.1) is 6.92 Å². The van der Waals surface area contributed by atoms with Crippen LogP contribution in [0.1, 0.15) is 42.7 Å². The number of carbonyl (C=O) groups excluding carboxylic acids is 1. The summed E-state index contributed by atoms with van der Waals surface area (Å²) in [6.07, 6.45) is 3.71. The molecule has 6 nitrogen and oxygen atoms in total. The Balaban J connectivity index is 2.73. The SMILES string of the molecule is CCCCn1cc(C(=O)N[C@H](C)C(=O)O)c(C)n1. The molecule has 0 aliphatic heterocycles. The van der Waals surface area contributed by atoms with Gasteiger partial charge in [0.1, 0.15) is 6.04 Å². The molecule has 0 bridgehead atoms. The van der Waals surface area contributed by atoms with E-state index in [1.54, 1.807) is 17.8 Å². The molecule has 1 atom stereocenters. The summed E-state index contributed by atoms with van der Waals surface area (Å²) in [6, 6.07) is -0.907. The summed E-state index contributed by atoms with van der Waals surface area (Å²) in [7, 11) is 0. The molecular weight excluding hydrogens is 234 g/mol. The van der Waals surface area contributed by atoms with Crippen molar-refractivity contribution >= 4 is 11.9 Å². The predicted molar refractivity (Wildman–Crippen MR) is 66.4 cm³/mol. The Bertz CT molecular complexity index is 440. The molecule has 1 heterocycles. The summed E-state index contributed by atoms with van der Waals surface area (Å²) in [6.45, 7) is 6.01. The Morgan fingerprint density at radius 1 is 1.56 bits per heavy atom. The molecule has 0 aliphatic rings. The molecule has 1 aromatic rings. The van der Waals surface area contributed by atoms with Gasteiger partial charge in [-0.1, -0.05) is 13.3 Å². The van der Waals surface area contributed by atoms with Crippen molar-refractivity contribution in [3.05, 3.63) is 17.5 Å². The monoisotopic (exact) mass is 253 g/mol. The summed E-state index contributed by atoms with van der Waals surface area (Å²) < 4.78 is 1.72. The first-order valence-electron chi connectivity index (χ1n) is 6.03. The van der Waals surface area contributed by atoms with Crippen LogP contribution in [0.2, 0.25) is 0 Å². The van der Waals surface area contributed by atoms with Crippen LogP contribution in [0.15, 0.2) is 6.20 Å². The summed E-state index contributed by atoms with van der Waals surface area (Å²) in [5.41, 5.74) is 1.04. The Labute approximate surface area is 106 Å². The van der Waals surface area contributed by atoms with Crippen LogP contribution >= 0.6 is 0 Å². The van der Waals surface area contributed by atoms with E-state index in [-0.39, 0.29) is 0 Å². The largest absolute Gasteiger partial charge is 0.480 e. The second kappa shape index (κ2) is 6.18. The van der Waals surface area contributed by atoms with E-state index in [2.05, 4.69) is 17.3 Å². The minimum absolute atomic E-state index is 0.398. The highest BCUT2D eigenvalue weighted by Crippen LogP contribution is 2.07. The Morgan fingerprint density at radius 2 is 2.22 bits per heavy atom. The fraction of sp³-hybridized carbons (Fsp3) is 0.583. The van der Waals surface area contributed by atoms with Crippen LogP contribution in [0.5, 0.6) is 0 Å². The van der Waals surface area contributed by atoms with E-state index >= 15 is 0 Å². The first kappa shape index (κ1) is 14.2. The highest BCUT2D eigenvalue weighted by Gasteiger charge is 2.18. The Hall–Kier alpha value is -1.85. The number of carboxylic acids is 1. The first-order chi connectivity index (χ1) is 8.45. The average Bonchev–Trinajstić information content (AvgIpc) is 2.67. The van der Waals surface area contributed by atoms with Crippen LogP contribution in [0.4, 0.5) is 0 Å². The molecule has 1 amide bonds. The van der Waals surface area contributed by atoms with E-state index in [1.165, 1.54) is 6.92 Å². The van der Waals surface area contributed by atoms with Gasteiger partial charge in [0.15, 0.2) is 0 Å². The molecule has 0 unspecified atom stereocenters. The number of rotatable bonds is 6. The lowest BCUT2D eigenvalue weighted by atomic mass is 10.2. The van der Waals surface area contributed by atoms with Crippen LogP contribution in [0.3, 0.4) is 0 Å². The van der Waals surface area contributed by atoms with Gasteiger partial charge in [-0.25, -0.2) is 0 Å². The molecule has 0 saturated heterocycles. The van der Waals surface area contributed by atoms with Crippen molar-refractivity contribution in [2.75, 3.05) is 0 Å². The van der Waals surface area contributed by atoms with Crippen molar-refractivity contribution in [3.8, 4) is 0 Å². The standard InChI is InChI=1S/C12H19N3O3/c1-4-5-6-15-7-10(8(2)14-15)11(16)13-9(3)12(17)18/h7,9H,4-6H2,1-3H3,(H,13,16)(H,17,18)/t9-/m1/s1. The molecule has 100 valence electrons. The molecule has 0 fully saturated rings. The molecule has 1 aromatic heterocycles. The van der Waals surface area contributed by atoms with Crippen molar-refractivity contribution < 1.29 is 14.7 Å². The molecule has 0 aromatic carbocycles. The van der Waals surface area contributed by atoms with Gasteiger partial charge in [0.25, 0.3) is 5.91 Å². The van der Waals surface area contributed by atoms with Gasteiger partial charge in [-0.2, -0.15) is 5.10 Å². The fourth-order valence-corrected chi connectivity index (χ4v) is 1.51. The third-order valence-corrected chi connectivity index (χ3v) is 2.65. The quantitative estimate of drug-likeness (QED) is 0.797. The lowest BCUT2D eigenvalue weighted by Gasteiger charge is -2.07. The van der Waals surface area contributed by atoms with Gasteiger partial charge in [-0.15, -0.1) is 0 Å². The second-order valence-electron chi connectivity index (χ2n) is 4.28. The van der Waals surface area contributed by atoms with Gasteiger partial charge in [0.05, 0.1) is 11.3 Å². The van der Waals surface area contributed by atoms with Crippen molar-refractivity contribution in [1.29, 1.82) is 0 Å². The van der Waals surface area contributed by atoms with E-state index in [0.29, 0.717) is 11.3 Å². The Kier molecular flexibility index (Phi) is 4.88. The van der Waals surface area contributed by atoms with E-state index in [9.17, 15) is 9.59 Å². The van der Waals surface area contributed by atoms with Crippen molar-refractivity contribution in [1.82, 2.24) is 15.1 Å². The minimum atomic E-state index is -1.06. The van der Waals surface area contributed by atoms with Crippen LogP contribution < -0.4 is 5.32 Å². The number of nitrogens with zero attached hydrogens (tertiary/aromatic N) is 2. The Morgan fingerprint density at radius 3 is 2.78 bits per heavy atom. The number of aryl methyl sites for hydroxylation is 2. The number of hydrogen-bond acceptors (Lipinski definition) is 3. The van der Waals surface area contributed by atoms with Gasteiger partial charge in [-0.3, -0.25) is 14.3 Å². The number of amides is 1. The maximum Gasteiger partial charge on any atom is 0.325 e. The number of carbonyl (C=O) groups is 2. The van der Waals surface area contributed by atoms with Gasteiger partial charge in [0.2, 0.25) is 0 Å². The third-order valence-electron chi connectivity index (χ3n) is 2.65. The average molecular weight is 253 g/mol. The number of unbranched alkanes of at least 4 members (excludes halogenated alkanes) is 1. The fourth-order valence-electron chi connectivity index (χ4n) is 1.51. The molecule has 18 heavy (non-hydrogen) atoms. The summed E-state index contributed by atoms with van der Waals surface area (Å²) in [5.74, 6) is -1.45. The predicted octanol–water partition coefficient (Wildman–Crippen LogP) is 1.19. The zero-order valence-corrected chi connectivity index (χ0v) is 10.9. The van der Waals surface area contributed by atoms with Crippen LogP contribution in [-0.4, -0.2) is 32.8 Å². The van der Waals surface area contributed by atoms with E-state index < -0.39 is 17.9 Å². The highest BCUT2D eigenvalue weighted by atomic mass is 16.4. The topological polar surface area (TPSA) is 84.2 Å². The lowest BCUT2D eigenvalue weighted by Crippen LogP contribution is -2.38. The lowest BCUT2D eigenvalue weighted by molar-refractivity contribution is -0.138. The second-order valence-corrected chi connectivity index (χ2v) is 4.28. The van der Waals surface area contributed by atoms with Gasteiger partial charge >= 0.3 is 5.97 Å². The summed E-state index contributed by atoms with van der Waals surface area (Å²) in [4.78, 5) is 22.5. The molecule has 0 saturated carbocycles. The number of aromatic nitrogens is 2. The number of hydrogen-bond donors (Lipinski definition) is 2. The van der Waals surface area contributed by atoms with Gasteiger partial charge < -0.3 is 10.4 Å². The van der Waals surface area contributed by atoms with Crippen molar-refractivity contribution in [2.24, 2.45) is 0 Å². The van der Waals surface area contributed by atoms with E-state index in [4.69, 9.17) is 5.11 Å². The van der Waals surface area contributed by atoms with Gasteiger partial charge in [-0.05, 0) is 20.3 Å². The maximum atomic E-state index is 11.8. The van der Waals surface area contributed by atoms with E-state index in [1.807, 2.05) is 0 Å². The van der Waals surface area contributed by atoms with E-state index in [0.717, 1.165) is 19.4 Å². The molecule has 0 aliphatic carbocycles. The summed E-state index contributed by atoms with van der Waals surface area (Å²) >= 11 is 0. The van der Waals surface area contributed by atoms with Crippen molar-refractivity contribution in [3.63, 3.8) is 0 Å². The highest BCUT2D eigenvalue weighted by molar-refractivity contribution is 5.97. The smallest absolute Gasteiger partial charge is 0.325 e. The maximum absolute atomic E-state index is 11.8. The molecule has 0 radical (unpaired) electrons. The summed E-state index contributed by atoms with van der Waals surface area (Å²) in [5, 5.41) is 15.4. The minimum Gasteiger partial charge on any atom is -0.480 e. The van der Waals surface area contributed by atoms with Crippen molar-refractivity contribution in [2.45, 2.75) is 46.2 Å². The first-order valence-corrected chi connectivity index (χ1v) is 6.03. The third kappa shape index (κ3) is 3.58. The zero-order chi connectivity index (χ0) is 13.7. The number of nitrogens with one attached hydrogen (secondary N) is 1. The number of aliphatic carboxylic acids is 1. The number of carboxylic acid groups (broad SMARTS) is 1. The molecule has 6 heteroatoms. The molecule has 2 N–H and O–H groups in total. The molecule has 1 rings (SSSR count). The zero-order valence-electron chi connectivity index (χ0n) is 10.9. The van der Waals surface area contributed by atoms with Crippen LogP contribution in [-0.2, 0) is 11.3 Å².